The molecule has 0 saturated heterocycles. The molecule has 0 aromatic heterocycles. The molecule has 0 aliphatic rings. The van der Waals surface area contributed by atoms with E-state index in [0.717, 1.165) is 50.4 Å². The van der Waals surface area contributed by atoms with Crippen molar-refractivity contribution in [3.63, 3.8) is 0 Å². The maximum absolute atomic E-state index is 12.4. The van der Waals surface area contributed by atoms with E-state index in [9.17, 15) is 14.4 Å². The van der Waals surface area contributed by atoms with Gasteiger partial charge in [0.05, 0.1) is 6.42 Å². The summed E-state index contributed by atoms with van der Waals surface area (Å²) in [4.78, 5) is 35.3. The molecule has 1 atom stereocenters. The Morgan fingerprint density at radius 3 is 1.42 bits per heavy atom. The summed E-state index contributed by atoms with van der Waals surface area (Å²) < 4.78 is 5.66. The Labute approximate surface area is 234 Å². The van der Waals surface area contributed by atoms with Crippen LogP contribution >= 0.6 is 0 Å². The molecule has 0 fully saturated rings. The normalized spacial score (nSPS) is 12.2. The Hall–Kier alpha value is -1.59. The lowest BCUT2D eigenvalue weighted by molar-refractivity contribution is -0.151. The van der Waals surface area contributed by atoms with Gasteiger partial charge in [0, 0.05) is 6.42 Å². The number of hydrogen-bond acceptors (Lipinski definition) is 4. The zero-order chi connectivity index (χ0) is 28.4. The van der Waals surface area contributed by atoms with E-state index in [1.807, 2.05) is 0 Å². The summed E-state index contributed by atoms with van der Waals surface area (Å²) >= 11 is 0. The van der Waals surface area contributed by atoms with Crippen molar-refractivity contribution >= 4 is 17.8 Å². The molecule has 1 amide bonds. The summed E-state index contributed by atoms with van der Waals surface area (Å²) in [5.74, 6) is -0.103. The Bertz CT molecular complexity index is 590. The molecule has 0 aromatic carbocycles. The van der Waals surface area contributed by atoms with Gasteiger partial charge in [-0.05, 0) is 31.1 Å². The number of rotatable bonds is 27. The monoisotopic (exact) mass is 539 g/mol. The molecule has 0 radical (unpaired) electrons. The lowest BCUT2D eigenvalue weighted by Crippen LogP contribution is -2.33. The zero-order valence-electron chi connectivity index (χ0n) is 25.4. The first-order chi connectivity index (χ1) is 18.2. The van der Waals surface area contributed by atoms with Gasteiger partial charge in [0.2, 0.25) is 5.91 Å². The van der Waals surface area contributed by atoms with Gasteiger partial charge in [-0.1, -0.05) is 130 Å². The molecule has 0 aromatic rings. The molecule has 0 heterocycles. The minimum atomic E-state index is -1.08. The number of nitrogens with one attached hydrogen (secondary N) is 1. The number of carbonyl (C=O) groups is 3. The van der Waals surface area contributed by atoms with Crippen LogP contribution in [0.3, 0.4) is 0 Å². The van der Waals surface area contributed by atoms with Crippen LogP contribution in [-0.2, 0) is 19.1 Å². The van der Waals surface area contributed by atoms with Crippen molar-refractivity contribution < 1.29 is 24.2 Å². The average Bonchev–Trinajstić information content (AvgIpc) is 2.84. The van der Waals surface area contributed by atoms with E-state index in [1.165, 1.54) is 77.0 Å². The van der Waals surface area contributed by atoms with Gasteiger partial charge in [0.25, 0.3) is 0 Å². The molecule has 0 aliphatic carbocycles. The molecule has 0 bridgehead atoms. The maximum Gasteiger partial charge on any atom is 0.322 e. The van der Waals surface area contributed by atoms with Gasteiger partial charge >= 0.3 is 11.9 Å². The van der Waals surface area contributed by atoms with Crippen molar-refractivity contribution in [2.75, 3.05) is 6.54 Å². The first-order valence-electron chi connectivity index (χ1n) is 15.9. The van der Waals surface area contributed by atoms with Crippen LogP contribution in [0.5, 0.6) is 0 Å². The second kappa shape index (κ2) is 25.7. The molecule has 0 spiro atoms. The predicted molar refractivity (Wildman–Crippen MR) is 157 cm³/mol. The van der Waals surface area contributed by atoms with Crippen LogP contribution in [-0.4, -0.2) is 35.6 Å². The van der Waals surface area contributed by atoms with E-state index in [2.05, 4.69) is 33.0 Å². The highest BCUT2D eigenvalue weighted by molar-refractivity contribution is 5.81. The summed E-state index contributed by atoms with van der Waals surface area (Å²) in [5, 5.41) is 11.2. The van der Waals surface area contributed by atoms with E-state index < -0.39 is 18.6 Å². The van der Waals surface area contributed by atoms with Crippen molar-refractivity contribution in [1.82, 2.24) is 5.32 Å². The lowest BCUT2D eigenvalue weighted by atomic mass is 10.0. The predicted octanol–water partition coefficient (Wildman–Crippen LogP) is 8.60. The fraction of sp³-hybridized carbons (Fsp3) is 0.906. The van der Waals surface area contributed by atoms with Crippen LogP contribution in [0.4, 0.5) is 0 Å². The van der Waals surface area contributed by atoms with Crippen LogP contribution in [0.25, 0.3) is 0 Å². The molecular formula is C32H61NO5. The summed E-state index contributed by atoms with van der Waals surface area (Å²) in [7, 11) is 0. The minimum absolute atomic E-state index is 0.0331. The molecule has 6 nitrogen and oxygen atoms in total. The summed E-state index contributed by atoms with van der Waals surface area (Å²) in [6, 6.07) is 0. The largest absolute Gasteiger partial charge is 0.480 e. The standard InChI is InChI=1S/C32H61NO5/c1-27(2)21-17-13-9-6-5-7-12-16-20-24-32(37)38-29(25-30(34)33-26-31(35)36)23-19-15-11-8-10-14-18-22-28(3)4/h27-29H,5-26H2,1-4H3,(H,33,34)(H,35,36). The van der Waals surface area contributed by atoms with Crippen molar-refractivity contribution in [3.05, 3.63) is 0 Å². The highest BCUT2D eigenvalue weighted by Gasteiger charge is 2.18. The zero-order valence-corrected chi connectivity index (χ0v) is 25.4. The number of aliphatic carboxylic acids is 1. The Morgan fingerprint density at radius 1 is 0.605 bits per heavy atom. The molecule has 2 N–H and O–H groups in total. The molecule has 224 valence electrons. The molecule has 6 heteroatoms. The topological polar surface area (TPSA) is 92.7 Å². The fourth-order valence-electron chi connectivity index (χ4n) is 4.77. The molecule has 0 aliphatic heterocycles. The van der Waals surface area contributed by atoms with Gasteiger partial charge in [0.15, 0.2) is 0 Å². The maximum atomic E-state index is 12.4. The number of hydrogen-bond donors (Lipinski definition) is 2. The number of carbonyl (C=O) groups excluding carboxylic acids is 2. The van der Waals surface area contributed by atoms with Crippen LogP contribution in [0.2, 0.25) is 0 Å². The highest BCUT2D eigenvalue weighted by atomic mass is 16.5. The Morgan fingerprint density at radius 2 is 1.00 bits per heavy atom. The van der Waals surface area contributed by atoms with Gasteiger partial charge in [0.1, 0.15) is 12.6 Å². The van der Waals surface area contributed by atoms with Crippen LogP contribution in [0, 0.1) is 11.8 Å². The van der Waals surface area contributed by atoms with Crippen molar-refractivity contribution in [2.45, 2.75) is 169 Å². The third-order valence-electron chi connectivity index (χ3n) is 7.12. The van der Waals surface area contributed by atoms with E-state index in [0.29, 0.717) is 12.8 Å². The number of amides is 1. The smallest absolute Gasteiger partial charge is 0.322 e. The lowest BCUT2D eigenvalue weighted by Gasteiger charge is -2.18. The first kappa shape index (κ1) is 36.4. The summed E-state index contributed by atoms with van der Waals surface area (Å²) in [6.45, 7) is 8.70. The summed E-state index contributed by atoms with van der Waals surface area (Å²) in [5.41, 5.74) is 0. The number of carboxylic acids is 1. The minimum Gasteiger partial charge on any atom is -0.480 e. The third kappa shape index (κ3) is 27.4. The van der Waals surface area contributed by atoms with Gasteiger partial charge in [-0.15, -0.1) is 0 Å². The Kier molecular flexibility index (Phi) is 24.6. The number of unbranched alkanes of at least 4 members (excludes halogenated alkanes) is 14. The number of esters is 1. The molecule has 0 saturated carbocycles. The van der Waals surface area contributed by atoms with Gasteiger partial charge in [-0.25, -0.2) is 0 Å². The van der Waals surface area contributed by atoms with Crippen molar-refractivity contribution in [3.8, 4) is 0 Å². The fourth-order valence-corrected chi connectivity index (χ4v) is 4.77. The average molecular weight is 540 g/mol. The summed E-state index contributed by atoms with van der Waals surface area (Å²) in [6.07, 6.45) is 22.3. The SMILES string of the molecule is CC(C)CCCCCCCCCCCC(=O)OC(CCCCCCCCCC(C)C)CC(=O)NCC(=O)O. The molecule has 1 unspecified atom stereocenters. The van der Waals surface area contributed by atoms with Crippen LogP contribution in [0.1, 0.15) is 163 Å². The van der Waals surface area contributed by atoms with Gasteiger partial charge < -0.3 is 15.2 Å². The third-order valence-corrected chi connectivity index (χ3v) is 7.12. The van der Waals surface area contributed by atoms with E-state index in [4.69, 9.17) is 9.84 Å². The second-order valence-corrected chi connectivity index (χ2v) is 12.0. The first-order valence-corrected chi connectivity index (χ1v) is 15.9. The van der Waals surface area contributed by atoms with Gasteiger partial charge in [-0.2, -0.15) is 0 Å². The van der Waals surface area contributed by atoms with E-state index >= 15 is 0 Å². The molecule has 38 heavy (non-hydrogen) atoms. The van der Waals surface area contributed by atoms with Crippen molar-refractivity contribution in [2.24, 2.45) is 11.8 Å². The van der Waals surface area contributed by atoms with Gasteiger partial charge in [-0.3, -0.25) is 14.4 Å². The van der Waals surface area contributed by atoms with Crippen LogP contribution < -0.4 is 5.32 Å². The number of ether oxygens (including phenoxy) is 1. The Balaban J connectivity index is 4.08. The van der Waals surface area contributed by atoms with Crippen LogP contribution in [0.15, 0.2) is 0 Å². The van der Waals surface area contributed by atoms with E-state index in [1.54, 1.807) is 0 Å². The molecule has 0 rings (SSSR count). The van der Waals surface area contributed by atoms with Crippen molar-refractivity contribution in [1.29, 1.82) is 0 Å². The van der Waals surface area contributed by atoms with E-state index in [-0.39, 0.29) is 18.3 Å². The second-order valence-electron chi connectivity index (χ2n) is 12.0. The number of carboxylic acid groups (broad SMARTS) is 1. The molecular weight excluding hydrogens is 478 g/mol. The quantitative estimate of drug-likeness (QED) is 0.0805. The highest BCUT2D eigenvalue weighted by Crippen LogP contribution is 2.17.